The van der Waals surface area contributed by atoms with Gasteiger partial charge in [0.15, 0.2) is 0 Å². The first-order valence-electron chi connectivity index (χ1n) is 7.30. The van der Waals surface area contributed by atoms with E-state index in [0.29, 0.717) is 11.8 Å². The van der Waals surface area contributed by atoms with E-state index in [2.05, 4.69) is 67.7 Å². The molecule has 2 rings (SSSR count). The average molecular weight is 268 g/mol. The average Bonchev–Trinajstić information content (AvgIpc) is 2.49. The van der Waals surface area contributed by atoms with E-state index >= 15 is 0 Å². The van der Waals surface area contributed by atoms with Crippen molar-refractivity contribution < 1.29 is 0 Å². The molecule has 0 spiro atoms. The predicted octanol–water partition coefficient (Wildman–Crippen LogP) is 4.00. The van der Waals surface area contributed by atoms with Crippen molar-refractivity contribution in [2.75, 3.05) is 18.4 Å². The van der Waals surface area contributed by atoms with Crippen LogP contribution in [0.4, 0.5) is 5.69 Å². The van der Waals surface area contributed by atoms with Crippen molar-refractivity contribution in [2.45, 2.75) is 13.8 Å². The number of anilines is 1. The zero-order valence-corrected chi connectivity index (χ0v) is 12.3. The fourth-order valence-electron chi connectivity index (χ4n) is 2.34. The predicted molar refractivity (Wildman–Crippen MR) is 87.8 cm³/mol. The van der Waals surface area contributed by atoms with Gasteiger partial charge in [-0.15, -0.1) is 0 Å². The zero-order chi connectivity index (χ0) is 14.4. The van der Waals surface area contributed by atoms with Crippen molar-refractivity contribution in [3.8, 4) is 11.1 Å². The lowest BCUT2D eigenvalue weighted by Crippen LogP contribution is -2.27. The Morgan fingerprint density at radius 2 is 1.60 bits per heavy atom. The molecule has 2 nitrogen and oxygen atoms in total. The number of benzene rings is 2. The molecule has 0 heterocycles. The molecule has 0 aliphatic rings. The first-order valence-corrected chi connectivity index (χ1v) is 7.30. The third kappa shape index (κ3) is 3.61. The van der Waals surface area contributed by atoms with E-state index in [1.54, 1.807) is 0 Å². The Morgan fingerprint density at radius 3 is 2.25 bits per heavy atom. The monoisotopic (exact) mass is 268 g/mol. The van der Waals surface area contributed by atoms with Crippen LogP contribution >= 0.6 is 0 Å². The second-order valence-electron chi connectivity index (χ2n) is 5.53. The number of rotatable bonds is 6. The van der Waals surface area contributed by atoms with Gasteiger partial charge in [0.25, 0.3) is 0 Å². The van der Waals surface area contributed by atoms with Crippen molar-refractivity contribution in [3.63, 3.8) is 0 Å². The minimum absolute atomic E-state index is 0.499. The SMILES string of the molecule is CC(C)C(CN)CNc1ccccc1-c1ccccc1. The molecule has 0 saturated carbocycles. The fourth-order valence-corrected chi connectivity index (χ4v) is 2.34. The summed E-state index contributed by atoms with van der Waals surface area (Å²) in [5.74, 6) is 1.09. The standard InChI is InChI=1S/C18H24N2/c1-14(2)16(12-19)13-20-18-11-7-6-10-17(18)15-8-4-3-5-9-15/h3-11,14,16,20H,12-13,19H2,1-2H3. The largest absolute Gasteiger partial charge is 0.384 e. The Kier molecular flexibility index (Phi) is 5.19. The zero-order valence-electron chi connectivity index (χ0n) is 12.3. The molecule has 0 amide bonds. The van der Waals surface area contributed by atoms with E-state index in [0.717, 1.165) is 13.1 Å². The van der Waals surface area contributed by atoms with Gasteiger partial charge in [-0.05, 0) is 30.0 Å². The highest BCUT2D eigenvalue weighted by atomic mass is 14.9. The maximum absolute atomic E-state index is 5.85. The quantitative estimate of drug-likeness (QED) is 0.831. The molecule has 0 bridgehead atoms. The molecule has 20 heavy (non-hydrogen) atoms. The van der Waals surface area contributed by atoms with E-state index in [-0.39, 0.29) is 0 Å². The molecule has 1 unspecified atom stereocenters. The molecular formula is C18H24N2. The molecule has 2 aromatic rings. The normalized spacial score (nSPS) is 12.4. The topological polar surface area (TPSA) is 38.0 Å². The molecule has 0 aliphatic heterocycles. The molecule has 0 aliphatic carbocycles. The van der Waals surface area contributed by atoms with E-state index in [1.165, 1.54) is 16.8 Å². The Balaban J connectivity index is 2.17. The smallest absolute Gasteiger partial charge is 0.0419 e. The van der Waals surface area contributed by atoms with Crippen LogP contribution in [-0.4, -0.2) is 13.1 Å². The van der Waals surface area contributed by atoms with Gasteiger partial charge in [-0.1, -0.05) is 62.4 Å². The van der Waals surface area contributed by atoms with Crippen LogP contribution in [0.15, 0.2) is 54.6 Å². The Morgan fingerprint density at radius 1 is 0.950 bits per heavy atom. The molecule has 106 valence electrons. The molecule has 1 atom stereocenters. The lowest BCUT2D eigenvalue weighted by molar-refractivity contribution is 0.413. The van der Waals surface area contributed by atoms with Crippen LogP contribution < -0.4 is 11.1 Å². The van der Waals surface area contributed by atoms with Crippen LogP contribution in [0.25, 0.3) is 11.1 Å². The second-order valence-corrected chi connectivity index (χ2v) is 5.53. The highest BCUT2D eigenvalue weighted by Gasteiger charge is 2.12. The summed E-state index contributed by atoms with van der Waals surface area (Å²) in [5, 5.41) is 3.56. The van der Waals surface area contributed by atoms with Crippen molar-refractivity contribution in [3.05, 3.63) is 54.6 Å². The molecule has 0 aromatic heterocycles. The fraction of sp³-hybridized carbons (Fsp3) is 0.333. The Labute approximate surface area is 122 Å². The number of nitrogens with two attached hydrogens (primary N) is 1. The van der Waals surface area contributed by atoms with Crippen LogP contribution in [-0.2, 0) is 0 Å². The van der Waals surface area contributed by atoms with Gasteiger partial charge in [0.2, 0.25) is 0 Å². The number of nitrogens with one attached hydrogen (secondary N) is 1. The summed E-state index contributed by atoms with van der Waals surface area (Å²) >= 11 is 0. The summed E-state index contributed by atoms with van der Waals surface area (Å²) in [4.78, 5) is 0. The minimum atomic E-state index is 0.499. The Bertz CT molecular complexity index is 520. The summed E-state index contributed by atoms with van der Waals surface area (Å²) in [5.41, 5.74) is 9.51. The maximum Gasteiger partial charge on any atom is 0.0419 e. The van der Waals surface area contributed by atoms with Gasteiger partial charge in [-0.2, -0.15) is 0 Å². The number of hydrogen-bond donors (Lipinski definition) is 2. The summed E-state index contributed by atoms with van der Waals surface area (Å²) in [6.45, 7) is 6.08. The van der Waals surface area contributed by atoms with Crippen molar-refractivity contribution in [2.24, 2.45) is 17.6 Å². The molecule has 0 fully saturated rings. The van der Waals surface area contributed by atoms with Crippen molar-refractivity contribution in [1.82, 2.24) is 0 Å². The van der Waals surface area contributed by atoms with Crippen LogP contribution in [0, 0.1) is 11.8 Å². The second kappa shape index (κ2) is 7.11. The maximum atomic E-state index is 5.85. The van der Waals surface area contributed by atoms with Crippen LogP contribution in [0.3, 0.4) is 0 Å². The van der Waals surface area contributed by atoms with Crippen LogP contribution in [0.5, 0.6) is 0 Å². The molecule has 2 heteroatoms. The van der Waals surface area contributed by atoms with E-state index in [4.69, 9.17) is 5.73 Å². The first-order chi connectivity index (χ1) is 9.72. The summed E-state index contributed by atoms with van der Waals surface area (Å²) in [6.07, 6.45) is 0. The third-order valence-corrected chi connectivity index (χ3v) is 3.81. The van der Waals surface area contributed by atoms with Gasteiger partial charge in [-0.3, -0.25) is 0 Å². The number of hydrogen-bond acceptors (Lipinski definition) is 2. The molecule has 2 aromatic carbocycles. The van der Waals surface area contributed by atoms with Gasteiger partial charge in [0, 0.05) is 17.8 Å². The van der Waals surface area contributed by atoms with Gasteiger partial charge in [-0.25, -0.2) is 0 Å². The van der Waals surface area contributed by atoms with E-state index in [9.17, 15) is 0 Å². The molecule has 0 radical (unpaired) electrons. The summed E-state index contributed by atoms with van der Waals surface area (Å²) in [7, 11) is 0. The lowest BCUT2D eigenvalue weighted by atomic mass is 9.95. The first kappa shape index (κ1) is 14.6. The van der Waals surface area contributed by atoms with Crippen LogP contribution in [0.2, 0.25) is 0 Å². The Hall–Kier alpha value is -1.80. The van der Waals surface area contributed by atoms with E-state index < -0.39 is 0 Å². The van der Waals surface area contributed by atoms with E-state index in [1.807, 2.05) is 6.07 Å². The summed E-state index contributed by atoms with van der Waals surface area (Å²) in [6, 6.07) is 18.9. The van der Waals surface area contributed by atoms with Crippen molar-refractivity contribution >= 4 is 5.69 Å². The van der Waals surface area contributed by atoms with Gasteiger partial charge < -0.3 is 11.1 Å². The summed E-state index contributed by atoms with van der Waals surface area (Å²) < 4.78 is 0. The molecule has 0 saturated heterocycles. The van der Waals surface area contributed by atoms with Gasteiger partial charge >= 0.3 is 0 Å². The molecular weight excluding hydrogens is 244 g/mol. The lowest BCUT2D eigenvalue weighted by Gasteiger charge is -2.21. The van der Waals surface area contributed by atoms with Crippen molar-refractivity contribution in [1.29, 1.82) is 0 Å². The number of para-hydroxylation sites is 1. The van der Waals surface area contributed by atoms with Crippen LogP contribution in [0.1, 0.15) is 13.8 Å². The van der Waals surface area contributed by atoms with Gasteiger partial charge in [0.05, 0.1) is 0 Å². The highest BCUT2D eigenvalue weighted by molar-refractivity contribution is 5.77. The minimum Gasteiger partial charge on any atom is -0.384 e. The van der Waals surface area contributed by atoms with Gasteiger partial charge in [0.1, 0.15) is 0 Å². The highest BCUT2D eigenvalue weighted by Crippen LogP contribution is 2.27. The molecule has 3 N–H and O–H groups in total. The third-order valence-electron chi connectivity index (χ3n) is 3.81.